The number of unbranched alkanes of at least 4 members (excludes halogenated alkanes) is 2. The lowest BCUT2D eigenvalue weighted by Gasteiger charge is -2.26. The molecule has 1 aromatic carbocycles. The summed E-state index contributed by atoms with van der Waals surface area (Å²) in [7, 11) is -2.10. The molecular weight excluding hydrogens is 316 g/mol. The molecule has 2 N–H and O–H groups in total. The first kappa shape index (κ1) is 17.6. The molecule has 0 atom stereocenters. The molecule has 23 heavy (non-hydrogen) atoms. The molecule has 2 rings (SSSR count). The van der Waals surface area contributed by atoms with Gasteiger partial charge in [0.05, 0.1) is 25.3 Å². The van der Waals surface area contributed by atoms with E-state index in [0.717, 1.165) is 13.0 Å². The quantitative estimate of drug-likeness (QED) is 0.732. The highest BCUT2D eigenvalue weighted by Crippen LogP contribution is 2.15. The molecule has 1 heterocycles. The molecule has 1 aliphatic heterocycles. The first-order valence-corrected chi connectivity index (χ1v) is 9.21. The minimum absolute atomic E-state index is 0.174. The zero-order valence-corrected chi connectivity index (χ0v) is 14.4. The highest BCUT2D eigenvalue weighted by atomic mass is 32.2. The van der Waals surface area contributed by atoms with Gasteiger partial charge in [0, 0.05) is 6.54 Å². The van der Waals surface area contributed by atoms with E-state index in [-0.39, 0.29) is 10.9 Å². The normalized spacial score (nSPS) is 15.7. The first-order chi connectivity index (χ1) is 11.0. The van der Waals surface area contributed by atoms with Gasteiger partial charge in [-0.05, 0) is 30.7 Å². The molecule has 128 valence electrons. The molecule has 0 radical (unpaired) electrons. The largest absolute Gasteiger partial charge is 0.497 e. The summed E-state index contributed by atoms with van der Waals surface area (Å²) in [6, 6.07) is 6.23. The summed E-state index contributed by atoms with van der Waals surface area (Å²) in [6.45, 7) is 4.21. The monoisotopic (exact) mass is 340 g/mol. The Kier molecular flexibility index (Phi) is 6.23. The molecule has 0 fully saturated rings. The molecule has 0 spiro atoms. The molecule has 8 heteroatoms. The summed E-state index contributed by atoms with van der Waals surface area (Å²) in [5.74, 6) is 0.896. The average molecular weight is 340 g/mol. The molecule has 0 unspecified atom stereocenters. The van der Waals surface area contributed by atoms with Gasteiger partial charge in [-0.25, -0.2) is 18.1 Å². The number of nitrogens with zero attached hydrogens (tertiary/aromatic N) is 2. The van der Waals surface area contributed by atoms with E-state index in [1.165, 1.54) is 32.1 Å². The molecule has 0 aromatic heterocycles. The Bertz CT molecular complexity index is 629. The lowest BCUT2D eigenvalue weighted by molar-refractivity contribution is 0.258. The number of sulfonamides is 1. The predicted octanol–water partition coefficient (Wildman–Crippen LogP) is 1.34. The van der Waals surface area contributed by atoms with Crippen LogP contribution in [0.4, 0.5) is 0 Å². The van der Waals surface area contributed by atoms with E-state index in [1.54, 1.807) is 12.1 Å². The van der Waals surface area contributed by atoms with Crippen molar-refractivity contribution in [3.63, 3.8) is 0 Å². The number of hydrogen-bond donors (Lipinski definition) is 2. The van der Waals surface area contributed by atoms with E-state index in [1.807, 2.05) is 0 Å². The van der Waals surface area contributed by atoms with Crippen molar-refractivity contribution in [1.29, 1.82) is 0 Å². The third-order valence-electron chi connectivity index (χ3n) is 3.58. The van der Waals surface area contributed by atoms with Crippen molar-refractivity contribution in [2.24, 2.45) is 4.99 Å². The highest BCUT2D eigenvalue weighted by molar-refractivity contribution is 7.90. The van der Waals surface area contributed by atoms with Gasteiger partial charge in [-0.1, -0.05) is 19.8 Å². The number of benzene rings is 1. The average Bonchev–Trinajstić information content (AvgIpc) is 2.56. The summed E-state index contributed by atoms with van der Waals surface area (Å²) in [5.41, 5.74) is 0. The van der Waals surface area contributed by atoms with Gasteiger partial charge in [0.25, 0.3) is 10.0 Å². The van der Waals surface area contributed by atoms with Crippen LogP contribution in [0, 0.1) is 0 Å². The number of ether oxygens (including phenoxy) is 1. The molecule has 0 amide bonds. The Morgan fingerprint density at radius 3 is 2.61 bits per heavy atom. The zero-order chi connectivity index (χ0) is 16.7. The maximum atomic E-state index is 12.3. The molecule has 0 bridgehead atoms. The summed E-state index contributed by atoms with van der Waals surface area (Å²) in [6.07, 6.45) is 3.50. The molecule has 0 saturated carbocycles. The fraction of sp³-hybridized carbons (Fsp3) is 0.533. The van der Waals surface area contributed by atoms with Gasteiger partial charge in [0.1, 0.15) is 5.75 Å². The van der Waals surface area contributed by atoms with Crippen LogP contribution in [0.3, 0.4) is 0 Å². The van der Waals surface area contributed by atoms with Crippen LogP contribution in [0.15, 0.2) is 34.2 Å². The van der Waals surface area contributed by atoms with E-state index in [9.17, 15) is 8.42 Å². The fourth-order valence-electron chi connectivity index (χ4n) is 2.21. The van der Waals surface area contributed by atoms with Crippen LogP contribution in [0.1, 0.15) is 26.2 Å². The van der Waals surface area contributed by atoms with Gasteiger partial charge in [0.15, 0.2) is 0 Å². The number of rotatable bonds is 7. The zero-order valence-electron chi connectivity index (χ0n) is 13.6. The number of nitrogens with one attached hydrogen (secondary N) is 2. The summed E-state index contributed by atoms with van der Waals surface area (Å²) in [4.78, 5) is 6.56. The van der Waals surface area contributed by atoms with Gasteiger partial charge < -0.3 is 10.1 Å². The van der Waals surface area contributed by atoms with Crippen molar-refractivity contribution >= 4 is 16.0 Å². The topological polar surface area (TPSA) is 83.0 Å². The second kappa shape index (κ2) is 8.16. The Balaban J connectivity index is 1.93. The van der Waals surface area contributed by atoms with Crippen LogP contribution in [0.25, 0.3) is 0 Å². The molecule has 7 nitrogen and oxygen atoms in total. The minimum atomic E-state index is -3.64. The Labute approximate surface area is 137 Å². The highest BCUT2D eigenvalue weighted by Gasteiger charge is 2.19. The summed E-state index contributed by atoms with van der Waals surface area (Å²) >= 11 is 0. The maximum Gasteiger partial charge on any atom is 0.264 e. The van der Waals surface area contributed by atoms with E-state index < -0.39 is 10.0 Å². The van der Waals surface area contributed by atoms with Crippen LogP contribution in [-0.2, 0) is 10.0 Å². The summed E-state index contributed by atoms with van der Waals surface area (Å²) < 4.78 is 32.1. The number of aliphatic imine (C=N–C) groups is 1. The van der Waals surface area contributed by atoms with Gasteiger partial charge in [-0.2, -0.15) is 0 Å². The number of methoxy groups -OCH3 is 1. The standard InChI is InChI=1S/C15H24N4O3S/c1-3-4-5-10-19-11-16-15(17-12-19)18-23(20,21)14-8-6-13(22-2)7-9-14/h6-9H,3-5,10-12H2,1-2H3,(H2,16,17,18). The smallest absolute Gasteiger partial charge is 0.264 e. The van der Waals surface area contributed by atoms with E-state index >= 15 is 0 Å². The van der Waals surface area contributed by atoms with Crippen molar-refractivity contribution < 1.29 is 13.2 Å². The van der Waals surface area contributed by atoms with E-state index in [2.05, 4.69) is 26.9 Å². The van der Waals surface area contributed by atoms with Crippen molar-refractivity contribution in [3.05, 3.63) is 24.3 Å². The van der Waals surface area contributed by atoms with E-state index in [4.69, 9.17) is 4.74 Å². The Morgan fingerprint density at radius 1 is 1.30 bits per heavy atom. The second-order valence-electron chi connectivity index (χ2n) is 5.37. The van der Waals surface area contributed by atoms with Crippen molar-refractivity contribution in [2.45, 2.75) is 31.1 Å². The van der Waals surface area contributed by atoms with Crippen LogP contribution in [0.5, 0.6) is 5.75 Å². The molecule has 0 saturated heterocycles. The van der Waals surface area contributed by atoms with Crippen molar-refractivity contribution in [1.82, 2.24) is 14.9 Å². The minimum Gasteiger partial charge on any atom is -0.497 e. The van der Waals surface area contributed by atoms with Gasteiger partial charge in [-0.3, -0.25) is 4.90 Å². The molecular formula is C15H24N4O3S. The molecule has 1 aliphatic rings. The van der Waals surface area contributed by atoms with Gasteiger partial charge in [0.2, 0.25) is 5.96 Å². The lowest BCUT2D eigenvalue weighted by Crippen LogP contribution is -2.50. The van der Waals surface area contributed by atoms with Crippen molar-refractivity contribution in [2.75, 3.05) is 27.0 Å². The number of guanidine groups is 1. The Hall–Kier alpha value is -1.80. The predicted molar refractivity (Wildman–Crippen MR) is 89.9 cm³/mol. The molecule has 0 aliphatic carbocycles. The fourth-order valence-corrected chi connectivity index (χ4v) is 3.21. The second-order valence-corrected chi connectivity index (χ2v) is 7.05. The summed E-state index contributed by atoms with van der Waals surface area (Å²) in [5, 5.41) is 3.01. The van der Waals surface area contributed by atoms with Gasteiger partial charge in [-0.15, -0.1) is 0 Å². The third-order valence-corrected chi connectivity index (χ3v) is 4.93. The van der Waals surface area contributed by atoms with Gasteiger partial charge >= 0.3 is 0 Å². The van der Waals surface area contributed by atoms with E-state index in [0.29, 0.717) is 19.1 Å². The number of hydrogen-bond acceptors (Lipinski definition) is 6. The lowest BCUT2D eigenvalue weighted by atomic mass is 10.2. The maximum absolute atomic E-state index is 12.3. The van der Waals surface area contributed by atoms with Crippen molar-refractivity contribution in [3.8, 4) is 5.75 Å². The van der Waals surface area contributed by atoms with Crippen LogP contribution < -0.4 is 14.8 Å². The first-order valence-electron chi connectivity index (χ1n) is 7.72. The Morgan fingerprint density at radius 2 is 2.04 bits per heavy atom. The SMILES string of the molecule is CCCCCN1CN=C(NS(=O)(=O)c2ccc(OC)cc2)NC1. The van der Waals surface area contributed by atoms with Crippen LogP contribution >= 0.6 is 0 Å². The molecule has 1 aromatic rings. The van der Waals surface area contributed by atoms with Crippen LogP contribution in [-0.4, -0.2) is 46.3 Å². The third kappa shape index (κ3) is 5.11. The van der Waals surface area contributed by atoms with Crippen LogP contribution in [0.2, 0.25) is 0 Å².